The molecule has 2 rings (SSSR count). The van der Waals surface area contributed by atoms with Crippen LogP contribution in [0.2, 0.25) is 0 Å². The van der Waals surface area contributed by atoms with E-state index in [1.807, 2.05) is 6.07 Å². The van der Waals surface area contributed by atoms with Gasteiger partial charge in [0.25, 0.3) is 0 Å². The van der Waals surface area contributed by atoms with Gasteiger partial charge in [0.1, 0.15) is 29.2 Å². The lowest BCUT2D eigenvalue weighted by Gasteiger charge is -2.24. The molecule has 2 aromatic rings. The van der Waals surface area contributed by atoms with E-state index in [-0.39, 0.29) is 12.8 Å². The number of unbranched alkanes of at least 4 members (excludes halogenated alkanes) is 1. The predicted octanol–water partition coefficient (Wildman–Crippen LogP) is 5.16. The van der Waals surface area contributed by atoms with Gasteiger partial charge in [-0.1, -0.05) is 43.3 Å². The van der Waals surface area contributed by atoms with Gasteiger partial charge in [-0.25, -0.2) is 14.4 Å². The van der Waals surface area contributed by atoms with Gasteiger partial charge in [0.15, 0.2) is 0 Å². The molecule has 0 saturated heterocycles. The van der Waals surface area contributed by atoms with Crippen molar-refractivity contribution in [3.8, 4) is 11.5 Å². The standard InChI is InChI=1S/C29H38N2O8/c1-5-21(20-25(32)39-29(2,3)4)36-26(33)24(31-28(35)38-23-16-10-7-11-17-23)18-12-13-19-30-27(34)37-22-14-8-6-9-15-22/h6-11,14-17,21,24H,5,12-13,18-20H2,1-4H3,(H,30,34)(H,31,35). The molecular formula is C29H38N2O8. The summed E-state index contributed by atoms with van der Waals surface area (Å²) in [5.41, 5.74) is -0.660. The molecule has 0 saturated carbocycles. The molecular weight excluding hydrogens is 504 g/mol. The lowest BCUT2D eigenvalue weighted by molar-refractivity contribution is -0.162. The monoisotopic (exact) mass is 542 g/mol. The molecule has 2 atom stereocenters. The fraction of sp³-hybridized carbons (Fsp3) is 0.448. The molecule has 10 nitrogen and oxygen atoms in total. The summed E-state index contributed by atoms with van der Waals surface area (Å²) in [6, 6.07) is 16.1. The SMILES string of the molecule is CCC(CC(=O)OC(C)(C)C)OC(=O)C(CCCCNC(=O)Oc1ccccc1)NC(=O)Oc1ccccc1. The average Bonchev–Trinajstić information content (AvgIpc) is 2.87. The summed E-state index contributed by atoms with van der Waals surface area (Å²) in [4.78, 5) is 49.7. The molecule has 2 unspecified atom stereocenters. The number of benzene rings is 2. The second-order valence-corrected chi connectivity index (χ2v) is 9.78. The van der Waals surface area contributed by atoms with Crippen molar-refractivity contribution in [2.45, 2.75) is 77.5 Å². The Morgan fingerprint density at radius 3 is 1.92 bits per heavy atom. The second-order valence-electron chi connectivity index (χ2n) is 9.78. The quantitative estimate of drug-likeness (QED) is 0.262. The van der Waals surface area contributed by atoms with Crippen LogP contribution in [0, 0.1) is 0 Å². The maximum Gasteiger partial charge on any atom is 0.413 e. The Morgan fingerprint density at radius 2 is 1.38 bits per heavy atom. The lowest BCUT2D eigenvalue weighted by Crippen LogP contribution is -2.44. The topological polar surface area (TPSA) is 129 Å². The van der Waals surface area contributed by atoms with Gasteiger partial charge >= 0.3 is 24.1 Å². The number of rotatable bonds is 13. The minimum absolute atomic E-state index is 0.103. The van der Waals surface area contributed by atoms with E-state index in [1.165, 1.54) is 0 Å². The Labute approximate surface area is 229 Å². The Hall–Kier alpha value is -4.08. The Bertz CT molecular complexity index is 1050. The van der Waals surface area contributed by atoms with Crippen LogP contribution in [0.4, 0.5) is 9.59 Å². The van der Waals surface area contributed by atoms with E-state index in [0.717, 1.165) is 0 Å². The molecule has 2 aromatic carbocycles. The highest BCUT2D eigenvalue weighted by Crippen LogP contribution is 2.15. The average molecular weight is 543 g/mol. The van der Waals surface area contributed by atoms with Crippen molar-refractivity contribution in [3.63, 3.8) is 0 Å². The van der Waals surface area contributed by atoms with E-state index in [2.05, 4.69) is 10.6 Å². The van der Waals surface area contributed by atoms with Crippen molar-refractivity contribution < 1.29 is 38.1 Å². The first kappa shape index (κ1) is 31.1. The normalized spacial score (nSPS) is 12.4. The third-order valence-electron chi connectivity index (χ3n) is 5.23. The number of hydrogen-bond donors (Lipinski definition) is 2. The second kappa shape index (κ2) is 16.0. The van der Waals surface area contributed by atoms with Crippen LogP contribution in [-0.4, -0.2) is 48.4 Å². The molecule has 0 heterocycles. The Balaban J connectivity index is 1.91. The number of nitrogens with one attached hydrogen (secondary N) is 2. The van der Waals surface area contributed by atoms with Gasteiger partial charge in [-0.2, -0.15) is 0 Å². The number of hydrogen-bond acceptors (Lipinski definition) is 8. The Kier molecular flexibility index (Phi) is 12.8. The summed E-state index contributed by atoms with van der Waals surface area (Å²) in [6.07, 6.45) is -0.619. The predicted molar refractivity (Wildman–Crippen MR) is 144 cm³/mol. The van der Waals surface area contributed by atoms with Crippen LogP contribution >= 0.6 is 0 Å². The highest BCUT2D eigenvalue weighted by Gasteiger charge is 2.28. The van der Waals surface area contributed by atoms with Gasteiger partial charge in [0.2, 0.25) is 0 Å². The number of ether oxygens (including phenoxy) is 4. The van der Waals surface area contributed by atoms with E-state index in [9.17, 15) is 19.2 Å². The molecule has 0 bridgehead atoms. The highest BCUT2D eigenvalue weighted by atomic mass is 16.6. The molecule has 0 spiro atoms. The number of para-hydroxylation sites is 2. The number of esters is 2. The van der Waals surface area contributed by atoms with Gasteiger partial charge in [-0.05, 0) is 70.7 Å². The summed E-state index contributed by atoms with van der Waals surface area (Å²) < 4.78 is 21.3. The number of carbonyl (C=O) groups is 4. The molecule has 0 fully saturated rings. The molecule has 0 aliphatic carbocycles. The first-order valence-corrected chi connectivity index (χ1v) is 13.0. The van der Waals surface area contributed by atoms with E-state index in [4.69, 9.17) is 18.9 Å². The van der Waals surface area contributed by atoms with Crippen LogP contribution in [0.25, 0.3) is 0 Å². The summed E-state index contributed by atoms with van der Waals surface area (Å²) in [5.74, 6) is -0.425. The highest BCUT2D eigenvalue weighted by molar-refractivity contribution is 5.82. The third kappa shape index (κ3) is 13.3. The largest absolute Gasteiger partial charge is 0.460 e. The third-order valence-corrected chi connectivity index (χ3v) is 5.23. The van der Waals surface area contributed by atoms with Crippen LogP contribution in [0.15, 0.2) is 60.7 Å². The molecule has 2 N–H and O–H groups in total. The van der Waals surface area contributed by atoms with Crippen LogP contribution in [0.5, 0.6) is 11.5 Å². The summed E-state index contributed by atoms with van der Waals surface area (Å²) in [5, 5.41) is 5.20. The van der Waals surface area contributed by atoms with E-state index in [1.54, 1.807) is 82.3 Å². The molecule has 0 aliphatic rings. The zero-order chi connectivity index (χ0) is 28.7. The zero-order valence-corrected chi connectivity index (χ0v) is 22.9. The van der Waals surface area contributed by atoms with Crippen molar-refractivity contribution in [2.75, 3.05) is 6.54 Å². The molecule has 0 radical (unpaired) electrons. The summed E-state index contributed by atoms with van der Waals surface area (Å²) in [7, 11) is 0. The summed E-state index contributed by atoms with van der Waals surface area (Å²) >= 11 is 0. The van der Waals surface area contributed by atoms with E-state index >= 15 is 0 Å². The summed E-state index contributed by atoms with van der Waals surface area (Å²) in [6.45, 7) is 7.36. The first-order valence-electron chi connectivity index (χ1n) is 13.0. The molecule has 0 aliphatic heterocycles. The van der Waals surface area contributed by atoms with Crippen LogP contribution in [-0.2, 0) is 19.1 Å². The van der Waals surface area contributed by atoms with Gasteiger partial charge in [0, 0.05) is 6.54 Å². The van der Waals surface area contributed by atoms with Crippen molar-refractivity contribution >= 4 is 24.1 Å². The minimum Gasteiger partial charge on any atom is -0.460 e. The van der Waals surface area contributed by atoms with Gasteiger partial charge in [-0.15, -0.1) is 0 Å². The zero-order valence-electron chi connectivity index (χ0n) is 22.9. The van der Waals surface area contributed by atoms with Gasteiger partial charge < -0.3 is 29.6 Å². The lowest BCUT2D eigenvalue weighted by atomic mass is 10.1. The van der Waals surface area contributed by atoms with Crippen molar-refractivity contribution in [3.05, 3.63) is 60.7 Å². The maximum absolute atomic E-state index is 13.0. The van der Waals surface area contributed by atoms with E-state index < -0.39 is 41.9 Å². The molecule has 2 amide bonds. The van der Waals surface area contributed by atoms with Crippen LogP contribution in [0.3, 0.4) is 0 Å². The number of amides is 2. The maximum atomic E-state index is 13.0. The van der Waals surface area contributed by atoms with E-state index in [0.29, 0.717) is 37.3 Å². The Morgan fingerprint density at radius 1 is 0.821 bits per heavy atom. The smallest absolute Gasteiger partial charge is 0.413 e. The van der Waals surface area contributed by atoms with Gasteiger partial charge in [-0.3, -0.25) is 4.79 Å². The molecule has 212 valence electrons. The van der Waals surface area contributed by atoms with Crippen LogP contribution in [0.1, 0.15) is 59.8 Å². The van der Waals surface area contributed by atoms with Crippen molar-refractivity contribution in [1.29, 1.82) is 0 Å². The minimum atomic E-state index is -1.02. The van der Waals surface area contributed by atoms with Crippen molar-refractivity contribution in [1.82, 2.24) is 10.6 Å². The molecule has 10 heteroatoms. The fourth-order valence-electron chi connectivity index (χ4n) is 3.40. The molecule has 39 heavy (non-hydrogen) atoms. The fourth-order valence-corrected chi connectivity index (χ4v) is 3.40. The first-order chi connectivity index (χ1) is 18.6. The molecule has 0 aromatic heterocycles. The number of carbonyl (C=O) groups excluding carboxylic acids is 4. The van der Waals surface area contributed by atoms with Crippen LogP contribution < -0.4 is 20.1 Å². The van der Waals surface area contributed by atoms with Crippen molar-refractivity contribution in [2.24, 2.45) is 0 Å². The van der Waals surface area contributed by atoms with Gasteiger partial charge in [0.05, 0.1) is 6.42 Å².